The molecule has 33 heavy (non-hydrogen) atoms. The van der Waals surface area contributed by atoms with Crippen LogP contribution < -0.4 is 9.73 Å². The number of aryl methyl sites for hydroxylation is 4. The van der Waals surface area contributed by atoms with Crippen LogP contribution in [0.25, 0.3) is 5.69 Å². The number of hydrogen-bond acceptors (Lipinski definition) is 4. The first-order valence-corrected chi connectivity index (χ1v) is 12.5. The Balaban J connectivity index is 1.78. The van der Waals surface area contributed by atoms with E-state index in [1.807, 2.05) is 58.0 Å². The smallest absolute Gasteiger partial charge is 0.260 e. The molecule has 0 aliphatic carbocycles. The van der Waals surface area contributed by atoms with Gasteiger partial charge in [0, 0.05) is 22.6 Å². The Labute approximate surface area is 195 Å². The van der Waals surface area contributed by atoms with Gasteiger partial charge < -0.3 is 4.57 Å². The summed E-state index contributed by atoms with van der Waals surface area (Å²) >= 11 is 0. The number of hydrazone groups is 1. The number of hydrogen-bond donors (Lipinski definition) is 1. The van der Waals surface area contributed by atoms with Crippen molar-refractivity contribution >= 4 is 27.8 Å². The number of rotatable bonds is 7. The molecule has 1 amide bonds. The van der Waals surface area contributed by atoms with Gasteiger partial charge in [0.25, 0.3) is 5.91 Å². The van der Waals surface area contributed by atoms with E-state index in [9.17, 15) is 13.2 Å². The van der Waals surface area contributed by atoms with Gasteiger partial charge in [0.15, 0.2) is 0 Å². The molecule has 1 heterocycles. The molecule has 3 aromatic rings. The average molecular weight is 467 g/mol. The fourth-order valence-electron chi connectivity index (χ4n) is 3.81. The monoisotopic (exact) mass is 466 g/mol. The van der Waals surface area contributed by atoms with Crippen molar-refractivity contribution in [1.29, 1.82) is 0 Å². The number of nitrogens with zero attached hydrogens (tertiary/aromatic N) is 3. The molecule has 0 saturated heterocycles. The summed E-state index contributed by atoms with van der Waals surface area (Å²) in [5, 5.41) is 4.08. The second-order valence-electron chi connectivity index (χ2n) is 8.30. The fourth-order valence-corrected chi connectivity index (χ4v) is 4.72. The molecule has 0 fully saturated rings. The van der Waals surface area contributed by atoms with E-state index in [2.05, 4.69) is 34.2 Å². The van der Waals surface area contributed by atoms with Crippen LogP contribution in [0, 0.1) is 34.6 Å². The maximum Gasteiger partial charge on any atom is 0.260 e. The van der Waals surface area contributed by atoms with E-state index in [1.54, 1.807) is 12.3 Å². The Kier molecular flexibility index (Phi) is 7.07. The zero-order chi connectivity index (χ0) is 24.3. The highest BCUT2D eigenvalue weighted by Crippen LogP contribution is 2.24. The number of sulfonamides is 1. The lowest BCUT2D eigenvalue weighted by Gasteiger charge is -2.23. The van der Waals surface area contributed by atoms with Gasteiger partial charge in [0.05, 0.1) is 18.2 Å². The van der Waals surface area contributed by atoms with Crippen molar-refractivity contribution in [2.45, 2.75) is 34.6 Å². The number of amides is 1. The van der Waals surface area contributed by atoms with Crippen molar-refractivity contribution in [3.05, 3.63) is 82.2 Å². The second-order valence-corrected chi connectivity index (χ2v) is 10.2. The maximum absolute atomic E-state index is 12.5. The van der Waals surface area contributed by atoms with Crippen LogP contribution in [0.3, 0.4) is 0 Å². The van der Waals surface area contributed by atoms with E-state index in [0.717, 1.165) is 49.9 Å². The van der Waals surface area contributed by atoms with Crippen molar-refractivity contribution in [3.8, 4) is 5.69 Å². The van der Waals surface area contributed by atoms with Gasteiger partial charge in [0.2, 0.25) is 10.0 Å². The highest BCUT2D eigenvalue weighted by molar-refractivity contribution is 7.92. The quantitative estimate of drug-likeness (QED) is 0.423. The van der Waals surface area contributed by atoms with Crippen LogP contribution in [-0.2, 0) is 14.8 Å². The molecule has 0 aliphatic rings. The Hall–Kier alpha value is -3.39. The summed E-state index contributed by atoms with van der Waals surface area (Å²) in [7, 11) is -3.66. The molecule has 3 rings (SSSR count). The minimum atomic E-state index is -3.66. The zero-order valence-electron chi connectivity index (χ0n) is 19.9. The van der Waals surface area contributed by atoms with Gasteiger partial charge in [0.1, 0.15) is 6.54 Å². The van der Waals surface area contributed by atoms with Crippen LogP contribution in [-0.4, -0.2) is 37.9 Å². The third kappa shape index (κ3) is 5.51. The Morgan fingerprint density at radius 3 is 2.39 bits per heavy atom. The predicted octanol–water partition coefficient (Wildman–Crippen LogP) is 3.94. The summed E-state index contributed by atoms with van der Waals surface area (Å²) in [5.41, 5.74) is 9.78. The van der Waals surface area contributed by atoms with Gasteiger partial charge >= 0.3 is 0 Å². The van der Waals surface area contributed by atoms with Gasteiger partial charge in [-0.2, -0.15) is 5.10 Å². The van der Waals surface area contributed by atoms with Gasteiger partial charge in [-0.15, -0.1) is 0 Å². The number of carbonyl (C=O) groups is 1. The van der Waals surface area contributed by atoms with Gasteiger partial charge in [-0.25, -0.2) is 13.8 Å². The Morgan fingerprint density at radius 2 is 1.73 bits per heavy atom. The largest absolute Gasteiger partial charge is 0.318 e. The minimum Gasteiger partial charge on any atom is -0.318 e. The SMILES string of the molecule is Cc1ccc(C)c(N(CC(=O)N/N=C\c2cc(C)n(-c3ccccc3C)c2C)S(C)(=O)=O)c1. The lowest BCUT2D eigenvalue weighted by molar-refractivity contribution is -0.119. The molecule has 0 atom stereocenters. The minimum absolute atomic E-state index is 0.358. The van der Waals surface area contributed by atoms with Crippen molar-refractivity contribution in [3.63, 3.8) is 0 Å². The highest BCUT2D eigenvalue weighted by Gasteiger charge is 2.22. The molecular formula is C25H30N4O3S. The molecule has 0 bridgehead atoms. The lowest BCUT2D eigenvalue weighted by Crippen LogP contribution is -2.39. The summed E-state index contributed by atoms with van der Waals surface area (Å²) in [6, 6.07) is 15.6. The molecule has 1 aromatic heterocycles. The first kappa shape index (κ1) is 24.3. The molecular weight excluding hydrogens is 436 g/mol. The molecule has 1 N–H and O–H groups in total. The summed E-state index contributed by atoms with van der Waals surface area (Å²) in [6.45, 7) is 9.40. The van der Waals surface area contributed by atoms with Crippen molar-refractivity contribution in [2.24, 2.45) is 5.10 Å². The summed E-state index contributed by atoms with van der Waals surface area (Å²) < 4.78 is 28.0. The number of benzene rings is 2. The second kappa shape index (κ2) is 9.62. The van der Waals surface area contributed by atoms with Crippen LogP contribution in [0.2, 0.25) is 0 Å². The highest BCUT2D eigenvalue weighted by atomic mass is 32.2. The van der Waals surface area contributed by atoms with Gasteiger partial charge in [-0.1, -0.05) is 30.3 Å². The van der Waals surface area contributed by atoms with E-state index >= 15 is 0 Å². The summed E-state index contributed by atoms with van der Waals surface area (Å²) in [4.78, 5) is 12.5. The number of anilines is 1. The third-order valence-corrected chi connectivity index (χ3v) is 6.67. The van der Waals surface area contributed by atoms with Gasteiger partial charge in [-0.05, 0) is 69.5 Å². The van der Waals surface area contributed by atoms with Gasteiger partial charge in [-0.3, -0.25) is 9.10 Å². The molecule has 8 heteroatoms. The topological polar surface area (TPSA) is 83.8 Å². The number of carbonyl (C=O) groups excluding carboxylic acids is 1. The number of aromatic nitrogens is 1. The zero-order valence-corrected chi connectivity index (χ0v) is 20.7. The number of nitrogens with one attached hydrogen (secondary N) is 1. The molecule has 2 aromatic carbocycles. The van der Waals surface area contributed by atoms with Crippen LogP contribution in [0.15, 0.2) is 53.6 Å². The summed E-state index contributed by atoms with van der Waals surface area (Å²) in [6.07, 6.45) is 2.67. The standard InChI is InChI=1S/C25H30N4O3S/c1-17-11-12-19(3)24(13-17)28(33(6,31)32)16-25(30)27-26-15-22-14-20(4)29(21(22)5)23-10-8-7-9-18(23)2/h7-15H,16H2,1-6H3,(H,27,30)/b26-15-. The molecule has 0 radical (unpaired) electrons. The van der Waals surface area contributed by atoms with E-state index in [0.29, 0.717) is 5.69 Å². The number of para-hydroxylation sites is 1. The Morgan fingerprint density at radius 1 is 1.03 bits per heavy atom. The molecule has 0 unspecified atom stereocenters. The van der Waals surface area contributed by atoms with Crippen LogP contribution in [0.4, 0.5) is 5.69 Å². The van der Waals surface area contributed by atoms with E-state index in [1.165, 1.54) is 0 Å². The Bertz CT molecular complexity index is 1320. The normalized spacial score (nSPS) is 11.7. The maximum atomic E-state index is 12.5. The first-order chi connectivity index (χ1) is 15.5. The lowest BCUT2D eigenvalue weighted by atomic mass is 10.1. The third-order valence-electron chi connectivity index (χ3n) is 5.54. The first-order valence-electron chi connectivity index (χ1n) is 10.6. The van der Waals surface area contributed by atoms with Crippen LogP contribution in [0.5, 0.6) is 0 Å². The molecule has 7 nitrogen and oxygen atoms in total. The van der Waals surface area contributed by atoms with Crippen molar-refractivity contribution < 1.29 is 13.2 Å². The molecule has 0 spiro atoms. The van der Waals surface area contributed by atoms with Crippen LogP contribution >= 0.6 is 0 Å². The van der Waals surface area contributed by atoms with Crippen molar-refractivity contribution in [1.82, 2.24) is 9.99 Å². The van der Waals surface area contributed by atoms with Crippen LogP contribution in [0.1, 0.15) is 33.6 Å². The average Bonchev–Trinajstić information content (AvgIpc) is 3.01. The molecule has 0 saturated carbocycles. The van der Waals surface area contributed by atoms with Crippen molar-refractivity contribution in [2.75, 3.05) is 17.1 Å². The van der Waals surface area contributed by atoms with E-state index in [-0.39, 0.29) is 6.54 Å². The summed E-state index contributed by atoms with van der Waals surface area (Å²) in [5.74, 6) is -0.523. The predicted molar refractivity (Wildman–Crippen MR) is 134 cm³/mol. The molecule has 0 aliphatic heterocycles. The van der Waals surface area contributed by atoms with E-state index < -0.39 is 15.9 Å². The fraction of sp³-hybridized carbons (Fsp3) is 0.280. The molecule has 174 valence electrons. The van der Waals surface area contributed by atoms with E-state index in [4.69, 9.17) is 0 Å².